The van der Waals surface area contributed by atoms with Crippen LogP contribution in [-0.2, 0) is 65.4 Å². The van der Waals surface area contributed by atoms with E-state index in [-0.39, 0.29) is 25.7 Å². The molecule has 110 heavy (non-hydrogen) atoms. The molecule has 0 aromatic carbocycles. The highest BCUT2D eigenvalue weighted by Gasteiger charge is 2.31. The molecular formula is C91H178O17P2. The van der Waals surface area contributed by atoms with Crippen molar-refractivity contribution in [3.8, 4) is 0 Å². The van der Waals surface area contributed by atoms with Crippen molar-refractivity contribution < 1.29 is 80.2 Å². The summed E-state index contributed by atoms with van der Waals surface area (Å²) in [5.74, 6) is -0.597. The Bertz CT molecular complexity index is 2100. The van der Waals surface area contributed by atoms with E-state index in [1.165, 1.54) is 302 Å². The summed E-state index contributed by atoms with van der Waals surface area (Å²) >= 11 is 0. The lowest BCUT2D eigenvalue weighted by Gasteiger charge is -2.21. The monoisotopic (exact) mass is 1610 g/mol. The van der Waals surface area contributed by atoms with Gasteiger partial charge in [-0.3, -0.25) is 37.3 Å². The van der Waals surface area contributed by atoms with Gasteiger partial charge in [-0.1, -0.05) is 440 Å². The molecule has 0 heterocycles. The summed E-state index contributed by atoms with van der Waals surface area (Å²) in [6.07, 6.45) is 76.8. The molecule has 19 heteroatoms. The summed E-state index contributed by atoms with van der Waals surface area (Å²) in [6, 6.07) is 0. The molecule has 0 bridgehead atoms. The number of unbranched alkanes of at least 4 members (excludes halogenated alkanes) is 60. The van der Waals surface area contributed by atoms with E-state index in [9.17, 15) is 43.2 Å². The van der Waals surface area contributed by atoms with Crippen molar-refractivity contribution in [2.24, 2.45) is 11.8 Å². The standard InChI is InChI=1S/C91H178O17P2/c1-7-9-11-13-15-17-19-21-23-25-27-28-29-30-36-40-44-48-52-56-64-69-75-90(95)107-86(79-101-88(93)73-67-61-54-50-46-42-38-35-32-31-33-37-41-45-49-53-59-65-71-83(3)4)81-105-109(97,98)103-77-85(92)78-104-110(99,100)106-82-87(80-102-89(94)74-68-62-58-57-60-66-72-84(5)6)108-91(96)76-70-63-55-51-47-43-39-34-26-24-22-20-18-16-14-12-10-8-2/h83-87,92H,7-82H2,1-6H3,(H,97,98)(H,99,100)/t85-,86-,87-/m1/s1. The molecule has 5 atom stereocenters. The topological polar surface area (TPSA) is 237 Å². The van der Waals surface area contributed by atoms with E-state index in [1.807, 2.05) is 0 Å². The van der Waals surface area contributed by atoms with Gasteiger partial charge in [0.1, 0.15) is 19.3 Å². The van der Waals surface area contributed by atoms with Crippen molar-refractivity contribution >= 4 is 39.5 Å². The summed E-state index contributed by atoms with van der Waals surface area (Å²) in [6.45, 7) is 9.65. The van der Waals surface area contributed by atoms with Crippen LogP contribution in [0.1, 0.15) is 491 Å². The molecule has 0 radical (unpaired) electrons. The summed E-state index contributed by atoms with van der Waals surface area (Å²) in [5.41, 5.74) is 0. The van der Waals surface area contributed by atoms with Crippen LogP contribution >= 0.6 is 15.6 Å². The molecule has 0 aliphatic heterocycles. The first kappa shape index (κ1) is 108. The van der Waals surface area contributed by atoms with Gasteiger partial charge in [0.05, 0.1) is 26.4 Å². The van der Waals surface area contributed by atoms with E-state index >= 15 is 0 Å². The highest BCUT2D eigenvalue weighted by Crippen LogP contribution is 2.45. The Balaban J connectivity index is 5.19. The first-order chi connectivity index (χ1) is 53.4. The van der Waals surface area contributed by atoms with Crippen LogP contribution in [0.25, 0.3) is 0 Å². The first-order valence-corrected chi connectivity index (χ1v) is 50.0. The van der Waals surface area contributed by atoms with Crippen LogP contribution in [-0.4, -0.2) is 96.7 Å². The van der Waals surface area contributed by atoms with Gasteiger partial charge in [-0.25, -0.2) is 9.13 Å². The molecular weight excluding hydrogens is 1430 g/mol. The molecule has 0 spiro atoms. The van der Waals surface area contributed by atoms with Crippen molar-refractivity contribution in [1.29, 1.82) is 0 Å². The lowest BCUT2D eigenvalue weighted by molar-refractivity contribution is -0.161. The van der Waals surface area contributed by atoms with Crippen molar-refractivity contribution in [2.75, 3.05) is 39.6 Å². The van der Waals surface area contributed by atoms with E-state index in [1.54, 1.807) is 0 Å². The maximum Gasteiger partial charge on any atom is 0.472 e. The second kappa shape index (κ2) is 82.2. The van der Waals surface area contributed by atoms with Gasteiger partial charge < -0.3 is 33.8 Å². The lowest BCUT2D eigenvalue weighted by Crippen LogP contribution is -2.30. The molecule has 0 aromatic rings. The Morgan fingerprint density at radius 3 is 0.618 bits per heavy atom. The lowest BCUT2D eigenvalue weighted by atomic mass is 10.0. The zero-order valence-corrected chi connectivity index (χ0v) is 74.4. The third-order valence-corrected chi connectivity index (χ3v) is 23.4. The van der Waals surface area contributed by atoms with Crippen molar-refractivity contribution in [3.63, 3.8) is 0 Å². The zero-order valence-electron chi connectivity index (χ0n) is 72.6. The molecule has 0 aliphatic rings. The van der Waals surface area contributed by atoms with Crippen molar-refractivity contribution in [3.05, 3.63) is 0 Å². The average molecular weight is 1610 g/mol. The minimum Gasteiger partial charge on any atom is -0.462 e. The average Bonchev–Trinajstić information content (AvgIpc) is 0.898. The minimum absolute atomic E-state index is 0.108. The molecule has 0 aliphatic carbocycles. The molecule has 0 rings (SSSR count). The number of carbonyl (C=O) groups excluding carboxylic acids is 4. The van der Waals surface area contributed by atoms with Crippen molar-refractivity contribution in [2.45, 2.75) is 509 Å². The van der Waals surface area contributed by atoms with E-state index in [2.05, 4.69) is 41.5 Å². The van der Waals surface area contributed by atoms with Crippen LogP contribution in [0.5, 0.6) is 0 Å². The number of rotatable bonds is 90. The van der Waals surface area contributed by atoms with Gasteiger partial charge in [0.2, 0.25) is 0 Å². The van der Waals surface area contributed by atoms with Crippen LogP contribution in [0.4, 0.5) is 0 Å². The van der Waals surface area contributed by atoms with Crippen molar-refractivity contribution in [1.82, 2.24) is 0 Å². The van der Waals surface area contributed by atoms with E-state index < -0.39 is 97.5 Å². The number of hydrogen-bond donors (Lipinski definition) is 3. The predicted molar refractivity (Wildman–Crippen MR) is 455 cm³/mol. The number of aliphatic hydroxyl groups is 1. The summed E-state index contributed by atoms with van der Waals surface area (Å²) in [4.78, 5) is 73.3. The van der Waals surface area contributed by atoms with Crippen LogP contribution in [0.2, 0.25) is 0 Å². The Hall–Kier alpha value is -1.94. The van der Waals surface area contributed by atoms with E-state index in [0.29, 0.717) is 31.6 Å². The highest BCUT2D eigenvalue weighted by atomic mass is 31.2. The molecule has 654 valence electrons. The number of phosphoric ester groups is 2. The minimum atomic E-state index is -4.97. The van der Waals surface area contributed by atoms with Crippen LogP contribution in [0.3, 0.4) is 0 Å². The molecule has 2 unspecified atom stereocenters. The van der Waals surface area contributed by atoms with Gasteiger partial charge in [-0.2, -0.15) is 0 Å². The number of ether oxygens (including phenoxy) is 4. The Morgan fingerprint density at radius 2 is 0.418 bits per heavy atom. The summed E-state index contributed by atoms with van der Waals surface area (Å²) in [7, 11) is -9.93. The van der Waals surface area contributed by atoms with Gasteiger partial charge in [0.15, 0.2) is 12.2 Å². The maximum absolute atomic E-state index is 13.2. The second-order valence-electron chi connectivity index (χ2n) is 33.6. The molecule has 0 saturated heterocycles. The van der Waals surface area contributed by atoms with Gasteiger partial charge in [0.25, 0.3) is 0 Å². The predicted octanol–water partition coefficient (Wildman–Crippen LogP) is 28.2. The summed E-state index contributed by atoms with van der Waals surface area (Å²) < 4.78 is 69.0. The van der Waals surface area contributed by atoms with Crippen LogP contribution in [0.15, 0.2) is 0 Å². The zero-order chi connectivity index (χ0) is 80.6. The third kappa shape index (κ3) is 84.0. The largest absolute Gasteiger partial charge is 0.472 e. The molecule has 3 N–H and O–H groups in total. The Labute approximate surface area is 677 Å². The molecule has 0 fully saturated rings. The van der Waals surface area contributed by atoms with Gasteiger partial charge in [-0.15, -0.1) is 0 Å². The molecule has 17 nitrogen and oxygen atoms in total. The SMILES string of the molecule is CCCCCCCCCCCCCCCCCCCCCCCCC(=O)O[C@H](COC(=O)CCCCCCCCCCCCCCCCCCCCC(C)C)COP(=O)(O)OC[C@@H](O)COP(=O)(O)OC[C@@H](COC(=O)CCCCCCCCC(C)C)OC(=O)CCCCCCCCCCCCCCCCCCCC. The second-order valence-corrected chi connectivity index (χ2v) is 36.6. The normalized spacial score (nSPS) is 13.7. The first-order valence-electron chi connectivity index (χ1n) is 47.0. The highest BCUT2D eigenvalue weighted by molar-refractivity contribution is 7.47. The molecule has 0 aromatic heterocycles. The Kier molecular flexibility index (Phi) is 80.7. The number of aliphatic hydroxyl groups excluding tert-OH is 1. The number of esters is 4. The molecule has 0 saturated carbocycles. The fourth-order valence-corrected chi connectivity index (χ4v) is 15.9. The van der Waals surface area contributed by atoms with E-state index in [4.69, 9.17) is 37.0 Å². The van der Waals surface area contributed by atoms with Gasteiger partial charge in [0, 0.05) is 25.7 Å². The summed E-state index contributed by atoms with van der Waals surface area (Å²) in [5, 5.41) is 10.7. The maximum atomic E-state index is 13.2. The number of carbonyl (C=O) groups is 4. The Morgan fingerprint density at radius 1 is 0.245 bits per heavy atom. The van der Waals surface area contributed by atoms with Crippen LogP contribution in [0, 0.1) is 11.8 Å². The third-order valence-electron chi connectivity index (χ3n) is 21.5. The number of hydrogen-bond acceptors (Lipinski definition) is 15. The van der Waals surface area contributed by atoms with Crippen LogP contribution < -0.4 is 0 Å². The smallest absolute Gasteiger partial charge is 0.462 e. The quantitative estimate of drug-likeness (QED) is 0.0222. The fraction of sp³-hybridized carbons (Fsp3) is 0.956. The number of phosphoric acid groups is 2. The van der Waals surface area contributed by atoms with E-state index in [0.717, 1.165) is 102 Å². The molecule has 0 amide bonds. The van der Waals surface area contributed by atoms with Gasteiger partial charge >= 0.3 is 39.5 Å². The fourth-order valence-electron chi connectivity index (χ4n) is 14.3. The van der Waals surface area contributed by atoms with Gasteiger partial charge in [-0.05, 0) is 37.5 Å².